The van der Waals surface area contributed by atoms with E-state index >= 15 is 0 Å². The van der Waals surface area contributed by atoms with Gasteiger partial charge >= 0.3 is 12.4 Å². The zero-order chi connectivity index (χ0) is 14.8. The van der Waals surface area contributed by atoms with E-state index < -0.39 is 35.8 Å². The first kappa shape index (κ1) is 15.6. The van der Waals surface area contributed by atoms with Crippen LogP contribution in [0.4, 0.5) is 26.3 Å². The van der Waals surface area contributed by atoms with Crippen molar-refractivity contribution >= 4 is 0 Å². The molecule has 0 spiro atoms. The molecule has 2 nitrogen and oxygen atoms in total. The van der Waals surface area contributed by atoms with Gasteiger partial charge in [0.15, 0.2) is 0 Å². The van der Waals surface area contributed by atoms with Crippen molar-refractivity contribution in [3.05, 3.63) is 29.8 Å². The van der Waals surface area contributed by atoms with E-state index in [1.165, 1.54) is 0 Å². The first-order valence-corrected chi connectivity index (χ1v) is 5.18. The lowest BCUT2D eigenvalue weighted by atomic mass is 10.1. The second-order valence-electron chi connectivity index (χ2n) is 3.96. The van der Waals surface area contributed by atoms with Gasteiger partial charge in [0.25, 0.3) is 0 Å². The molecule has 0 bridgehead atoms. The highest BCUT2D eigenvalue weighted by atomic mass is 19.4. The van der Waals surface area contributed by atoms with E-state index in [9.17, 15) is 26.3 Å². The Hall–Kier alpha value is -1.44. The van der Waals surface area contributed by atoms with Crippen LogP contribution in [0, 0.1) is 0 Å². The lowest BCUT2D eigenvalue weighted by Gasteiger charge is -2.25. The highest BCUT2D eigenvalue weighted by molar-refractivity contribution is 5.30. The first-order valence-electron chi connectivity index (χ1n) is 5.18. The fourth-order valence-electron chi connectivity index (χ4n) is 1.36. The Labute approximate surface area is 105 Å². The van der Waals surface area contributed by atoms with Gasteiger partial charge in [-0.25, -0.2) is 0 Å². The van der Waals surface area contributed by atoms with Crippen LogP contribution in [0.3, 0.4) is 0 Å². The third-order valence-electron chi connectivity index (χ3n) is 2.22. The molecule has 0 aromatic heterocycles. The van der Waals surface area contributed by atoms with Crippen LogP contribution < -0.4 is 10.5 Å². The molecule has 0 aliphatic heterocycles. The average molecular weight is 287 g/mol. The molecule has 0 saturated heterocycles. The van der Waals surface area contributed by atoms with E-state index in [0.29, 0.717) is 6.07 Å². The number of benzene rings is 1. The van der Waals surface area contributed by atoms with Crippen molar-refractivity contribution in [1.82, 2.24) is 0 Å². The van der Waals surface area contributed by atoms with Crippen molar-refractivity contribution in [2.75, 3.05) is 0 Å². The summed E-state index contributed by atoms with van der Waals surface area (Å²) in [4.78, 5) is 0. The Morgan fingerprint density at radius 2 is 1.68 bits per heavy atom. The van der Waals surface area contributed by atoms with Crippen LogP contribution in [-0.4, -0.2) is 18.3 Å². The smallest absolute Gasteiger partial charge is 0.426 e. The largest absolute Gasteiger partial charge is 0.479 e. The van der Waals surface area contributed by atoms with Gasteiger partial charge < -0.3 is 10.5 Å². The van der Waals surface area contributed by atoms with Gasteiger partial charge in [-0.2, -0.15) is 26.3 Å². The maximum atomic E-state index is 12.6. The molecule has 0 aliphatic carbocycles. The summed E-state index contributed by atoms with van der Waals surface area (Å²) in [5.41, 5.74) is 4.04. The number of hydrogen-bond acceptors (Lipinski definition) is 2. The molecule has 0 fully saturated rings. The summed E-state index contributed by atoms with van der Waals surface area (Å²) in [6, 6.07) is 1.81. The molecule has 1 aromatic carbocycles. The Morgan fingerprint density at radius 3 is 2.11 bits per heavy atom. The fraction of sp³-hybridized carbons (Fsp3) is 0.455. The second-order valence-corrected chi connectivity index (χ2v) is 3.96. The van der Waals surface area contributed by atoms with Crippen LogP contribution in [0.5, 0.6) is 5.75 Å². The molecule has 0 heterocycles. The number of hydrogen-bond donors (Lipinski definition) is 1. The van der Waals surface area contributed by atoms with E-state index in [4.69, 9.17) is 5.73 Å². The lowest BCUT2D eigenvalue weighted by Crippen LogP contribution is -2.47. The maximum absolute atomic E-state index is 12.6. The molecule has 2 atom stereocenters. The van der Waals surface area contributed by atoms with Crippen molar-refractivity contribution in [2.24, 2.45) is 5.73 Å². The molecule has 1 rings (SSSR count). The molecule has 1 aromatic rings. The molecule has 0 aliphatic rings. The molecule has 0 radical (unpaired) electrons. The van der Waals surface area contributed by atoms with Crippen molar-refractivity contribution < 1.29 is 31.1 Å². The van der Waals surface area contributed by atoms with Gasteiger partial charge in [0.2, 0.25) is 6.10 Å². The monoisotopic (exact) mass is 287 g/mol. The third kappa shape index (κ3) is 4.30. The minimum atomic E-state index is -4.76. The molecular formula is C11H11F6NO. The van der Waals surface area contributed by atoms with E-state index in [0.717, 1.165) is 25.1 Å². The van der Waals surface area contributed by atoms with E-state index in [-0.39, 0.29) is 0 Å². The topological polar surface area (TPSA) is 35.2 Å². The van der Waals surface area contributed by atoms with E-state index in [2.05, 4.69) is 4.74 Å². The summed E-state index contributed by atoms with van der Waals surface area (Å²) in [7, 11) is 0. The number of halogens is 6. The Kier molecular flexibility index (Phi) is 4.34. The third-order valence-corrected chi connectivity index (χ3v) is 2.22. The predicted molar refractivity (Wildman–Crippen MR) is 55.6 cm³/mol. The van der Waals surface area contributed by atoms with Crippen LogP contribution in [0.15, 0.2) is 24.3 Å². The highest BCUT2D eigenvalue weighted by Gasteiger charge is 2.44. The average Bonchev–Trinajstić information content (AvgIpc) is 2.23. The van der Waals surface area contributed by atoms with Crippen LogP contribution >= 0.6 is 0 Å². The minimum absolute atomic E-state index is 0.501. The summed E-state index contributed by atoms with van der Waals surface area (Å²) < 4.78 is 79.4. The van der Waals surface area contributed by atoms with Crippen LogP contribution in [-0.2, 0) is 6.18 Å². The van der Waals surface area contributed by atoms with Crippen molar-refractivity contribution in [3.8, 4) is 5.75 Å². The summed E-state index contributed by atoms with van der Waals surface area (Å²) in [5.74, 6) is -0.533. The summed E-state index contributed by atoms with van der Waals surface area (Å²) in [6.07, 6.45) is -11.8. The van der Waals surface area contributed by atoms with E-state index in [1.54, 1.807) is 0 Å². The van der Waals surface area contributed by atoms with Crippen LogP contribution in [0.1, 0.15) is 12.5 Å². The first-order chi connectivity index (χ1) is 8.51. The molecule has 108 valence electrons. The normalized spacial score (nSPS) is 16.0. The van der Waals surface area contributed by atoms with Crippen LogP contribution in [0.2, 0.25) is 0 Å². The molecule has 2 unspecified atom stereocenters. The van der Waals surface area contributed by atoms with Gasteiger partial charge in [0.05, 0.1) is 5.56 Å². The molecule has 2 N–H and O–H groups in total. The standard InChI is InChI=1S/C11H11F6NO/c1-6(18)9(11(15,16)17)19-8-4-2-3-7(5-8)10(12,13)14/h2-6,9H,18H2,1H3. The fourth-order valence-corrected chi connectivity index (χ4v) is 1.36. The van der Waals surface area contributed by atoms with Gasteiger partial charge in [-0.3, -0.25) is 0 Å². The summed E-state index contributed by atoms with van der Waals surface area (Å²) >= 11 is 0. The van der Waals surface area contributed by atoms with E-state index in [1.807, 2.05) is 0 Å². The zero-order valence-electron chi connectivity index (χ0n) is 9.72. The Morgan fingerprint density at radius 1 is 1.11 bits per heavy atom. The number of nitrogens with two attached hydrogens (primary N) is 1. The summed E-state index contributed by atoms with van der Waals surface area (Å²) in [6.45, 7) is 1.06. The molecular weight excluding hydrogens is 276 g/mol. The SMILES string of the molecule is CC(N)C(Oc1cccc(C(F)(F)F)c1)C(F)(F)F. The predicted octanol–water partition coefficient (Wildman–Crippen LogP) is 3.36. The minimum Gasteiger partial charge on any atom is -0.479 e. The summed E-state index contributed by atoms with van der Waals surface area (Å²) in [5, 5.41) is 0. The Balaban J connectivity index is 2.99. The number of rotatable bonds is 3. The molecule has 19 heavy (non-hydrogen) atoms. The van der Waals surface area contributed by atoms with Gasteiger partial charge in [-0.1, -0.05) is 6.07 Å². The Bertz CT molecular complexity index is 426. The number of alkyl halides is 6. The molecule has 0 saturated carbocycles. The molecule has 8 heteroatoms. The van der Waals surface area contributed by atoms with Crippen molar-refractivity contribution in [3.63, 3.8) is 0 Å². The van der Waals surface area contributed by atoms with Crippen LogP contribution in [0.25, 0.3) is 0 Å². The van der Waals surface area contributed by atoms with Crippen molar-refractivity contribution in [2.45, 2.75) is 31.4 Å². The van der Waals surface area contributed by atoms with Gasteiger partial charge in [-0.05, 0) is 25.1 Å². The second kappa shape index (κ2) is 5.28. The van der Waals surface area contributed by atoms with Crippen molar-refractivity contribution in [1.29, 1.82) is 0 Å². The zero-order valence-corrected chi connectivity index (χ0v) is 9.72. The van der Waals surface area contributed by atoms with Gasteiger partial charge in [-0.15, -0.1) is 0 Å². The lowest BCUT2D eigenvalue weighted by molar-refractivity contribution is -0.199. The van der Waals surface area contributed by atoms with Gasteiger partial charge in [0.1, 0.15) is 5.75 Å². The van der Waals surface area contributed by atoms with Gasteiger partial charge in [0, 0.05) is 6.04 Å². The maximum Gasteiger partial charge on any atom is 0.426 e. The number of ether oxygens (including phenoxy) is 1. The molecule has 0 amide bonds. The highest BCUT2D eigenvalue weighted by Crippen LogP contribution is 2.33. The quantitative estimate of drug-likeness (QED) is 0.865.